The molecule has 142 valence electrons. The van der Waals surface area contributed by atoms with Gasteiger partial charge in [0.25, 0.3) is 11.8 Å². The third-order valence-electron chi connectivity index (χ3n) is 4.09. The number of thioether (sulfide) groups is 1. The van der Waals surface area contributed by atoms with E-state index in [1.54, 1.807) is 43.3 Å². The molecule has 9 heteroatoms. The van der Waals surface area contributed by atoms with Crippen molar-refractivity contribution in [3.63, 3.8) is 0 Å². The smallest absolute Gasteiger partial charge is 0.411 e. The summed E-state index contributed by atoms with van der Waals surface area (Å²) in [4.78, 5) is 42.1. The summed E-state index contributed by atoms with van der Waals surface area (Å²) in [5.41, 5.74) is 2.27. The number of fused-ring (bicyclic) bond motifs is 2. The molecule has 2 heterocycles. The lowest BCUT2D eigenvalue weighted by Gasteiger charge is -2.11. The summed E-state index contributed by atoms with van der Waals surface area (Å²) in [7, 11) is 0. The van der Waals surface area contributed by atoms with Gasteiger partial charge in [0.15, 0.2) is 4.34 Å². The molecule has 7 nitrogen and oxygen atoms in total. The van der Waals surface area contributed by atoms with E-state index in [9.17, 15) is 14.4 Å². The Morgan fingerprint density at radius 1 is 1.18 bits per heavy atom. The first-order chi connectivity index (χ1) is 13.6. The highest BCUT2D eigenvalue weighted by Crippen LogP contribution is 2.33. The number of anilines is 1. The van der Waals surface area contributed by atoms with E-state index in [-0.39, 0.29) is 17.7 Å². The molecule has 3 amide bonds. The molecule has 3 aromatic rings. The maximum Gasteiger partial charge on any atom is 0.411 e. The second kappa shape index (κ2) is 7.61. The van der Waals surface area contributed by atoms with Crippen LogP contribution in [0.15, 0.2) is 46.8 Å². The van der Waals surface area contributed by atoms with Crippen molar-refractivity contribution in [2.75, 3.05) is 17.8 Å². The van der Waals surface area contributed by atoms with Crippen LogP contribution in [0.4, 0.5) is 10.5 Å². The number of thiazole rings is 1. The van der Waals surface area contributed by atoms with Gasteiger partial charge in [-0.2, -0.15) is 0 Å². The fourth-order valence-electron chi connectivity index (χ4n) is 2.80. The molecule has 0 aliphatic carbocycles. The molecule has 1 aliphatic rings. The highest BCUT2D eigenvalue weighted by atomic mass is 32.2. The molecule has 0 bridgehead atoms. The van der Waals surface area contributed by atoms with Gasteiger partial charge >= 0.3 is 6.09 Å². The highest BCUT2D eigenvalue weighted by molar-refractivity contribution is 8.01. The second-order valence-electron chi connectivity index (χ2n) is 5.87. The number of nitrogens with one attached hydrogen (secondary N) is 1. The molecule has 0 saturated carbocycles. The van der Waals surface area contributed by atoms with Crippen molar-refractivity contribution in [2.24, 2.45) is 0 Å². The number of aromatic nitrogens is 1. The third kappa shape index (κ3) is 3.46. The zero-order chi connectivity index (χ0) is 19.7. The van der Waals surface area contributed by atoms with Crippen LogP contribution in [0.2, 0.25) is 0 Å². The number of ether oxygens (including phenoxy) is 1. The first kappa shape index (κ1) is 18.5. The Morgan fingerprint density at radius 3 is 2.57 bits per heavy atom. The van der Waals surface area contributed by atoms with E-state index in [0.717, 1.165) is 14.6 Å². The maximum atomic E-state index is 12.4. The van der Waals surface area contributed by atoms with E-state index in [0.29, 0.717) is 23.4 Å². The molecular weight excluding hydrogens is 398 g/mol. The summed E-state index contributed by atoms with van der Waals surface area (Å²) in [6.07, 6.45) is -0.508. The lowest BCUT2D eigenvalue weighted by atomic mass is 10.1. The largest absolute Gasteiger partial charge is 0.450 e. The number of amides is 3. The Labute approximate surface area is 168 Å². The molecule has 1 N–H and O–H groups in total. The molecule has 28 heavy (non-hydrogen) atoms. The van der Waals surface area contributed by atoms with E-state index < -0.39 is 6.09 Å². The van der Waals surface area contributed by atoms with Crippen LogP contribution in [0.3, 0.4) is 0 Å². The second-order valence-corrected chi connectivity index (χ2v) is 8.09. The maximum absolute atomic E-state index is 12.4. The van der Waals surface area contributed by atoms with Gasteiger partial charge in [-0.05, 0) is 37.3 Å². The predicted molar refractivity (Wildman–Crippen MR) is 108 cm³/mol. The van der Waals surface area contributed by atoms with Crippen molar-refractivity contribution in [3.05, 3.63) is 53.6 Å². The van der Waals surface area contributed by atoms with E-state index in [4.69, 9.17) is 4.74 Å². The van der Waals surface area contributed by atoms with Crippen molar-refractivity contribution in [3.8, 4) is 0 Å². The average Bonchev–Trinajstić information content (AvgIpc) is 3.19. The zero-order valence-corrected chi connectivity index (χ0v) is 16.4. The molecular formula is C19H15N3O4S2. The van der Waals surface area contributed by atoms with Crippen molar-refractivity contribution in [2.45, 2.75) is 11.3 Å². The minimum absolute atomic E-state index is 0.195. The van der Waals surface area contributed by atoms with E-state index >= 15 is 0 Å². The lowest BCUT2D eigenvalue weighted by molar-refractivity contribution is 0.0684. The summed E-state index contributed by atoms with van der Waals surface area (Å²) in [5.74, 6) is -0.370. The molecule has 0 unspecified atom stereocenters. The fourth-order valence-corrected chi connectivity index (χ4v) is 4.84. The molecule has 0 atom stereocenters. The molecule has 0 saturated heterocycles. The summed E-state index contributed by atoms with van der Waals surface area (Å²) < 4.78 is 6.49. The number of carbonyl (C=O) groups is 3. The minimum Gasteiger partial charge on any atom is -0.450 e. The monoisotopic (exact) mass is 413 g/mol. The van der Waals surface area contributed by atoms with Gasteiger partial charge in [0, 0.05) is 5.69 Å². The SMILES string of the molecule is CCOC(=O)Nc1ccc2nc(SCN3C(=O)c4ccccc4C3=O)sc2c1. The summed E-state index contributed by atoms with van der Waals surface area (Å²) in [6.45, 7) is 2.04. The molecule has 1 aliphatic heterocycles. The lowest BCUT2D eigenvalue weighted by Crippen LogP contribution is -2.29. The van der Waals surface area contributed by atoms with Crippen LogP contribution in [0, 0.1) is 0 Å². The van der Waals surface area contributed by atoms with Crippen LogP contribution in [0.1, 0.15) is 27.6 Å². The molecule has 0 fully saturated rings. The molecule has 0 radical (unpaired) electrons. The Hall–Kier alpha value is -2.91. The molecule has 4 rings (SSSR count). The van der Waals surface area contributed by atoms with Crippen LogP contribution in [-0.2, 0) is 4.74 Å². The van der Waals surface area contributed by atoms with E-state index in [1.165, 1.54) is 28.0 Å². The van der Waals surface area contributed by atoms with Crippen molar-refractivity contribution in [1.82, 2.24) is 9.88 Å². The number of hydrogen-bond acceptors (Lipinski definition) is 7. The predicted octanol–water partition coefficient (Wildman–Crippen LogP) is 4.21. The Morgan fingerprint density at radius 2 is 1.89 bits per heavy atom. The third-order valence-corrected chi connectivity index (χ3v) is 6.23. The van der Waals surface area contributed by atoms with Crippen LogP contribution in [0.5, 0.6) is 0 Å². The summed E-state index contributed by atoms with van der Waals surface area (Å²) in [5, 5.41) is 2.66. The van der Waals surface area contributed by atoms with Gasteiger partial charge in [-0.15, -0.1) is 11.3 Å². The zero-order valence-electron chi connectivity index (χ0n) is 14.8. The molecule has 1 aromatic heterocycles. The van der Waals surface area contributed by atoms with Gasteiger partial charge < -0.3 is 4.74 Å². The highest BCUT2D eigenvalue weighted by Gasteiger charge is 2.35. The molecule has 0 spiro atoms. The Balaban J connectivity index is 1.46. The average molecular weight is 413 g/mol. The van der Waals surface area contributed by atoms with E-state index in [1.807, 2.05) is 6.07 Å². The van der Waals surface area contributed by atoms with Crippen LogP contribution >= 0.6 is 23.1 Å². The fraction of sp³-hybridized carbons (Fsp3) is 0.158. The number of rotatable bonds is 5. The van der Waals surface area contributed by atoms with Gasteiger partial charge in [0.1, 0.15) is 0 Å². The van der Waals surface area contributed by atoms with Crippen LogP contribution < -0.4 is 5.32 Å². The standard InChI is InChI=1S/C19H15N3O4S2/c1-2-26-18(25)20-11-7-8-14-15(9-11)28-19(21-14)27-10-22-16(23)12-5-3-4-6-13(12)17(22)24/h3-9H,2,10H2,1H3,(H,20,25). The Kier molecular flexibility index (Phi) is 5.01. The molecule has 2 aromatic carbocycles. The van der Waals surface area contributed by atoms with Gasteiger partial charge in [-0.1, -0.05) is 23.9 Å². The van der Waals surface area contributed by atoms with Gasteiger partial charge in [0.2, 0.25) is 0 Å². The topological polar surface area (TPSA) is 88.6 Å². The Bertz CT molecular complexity index is 1060. The van der Waals surface area contributed by atoms with E-state index in [2.05, 4.69) is 10.3 Å². The normalized spacial score (nSPS) is 13.1. The number of hydrogen-bond donors (Lipinski definition) is 1. The van der Waals surface area contributed by atoms with Gasteiger partial charge in [-0.25, -0.2) is 9.78 Å². The van der Waals surface area contributed by atoms with Crippen molar-refractivity contribution >= 4 is 56.9 Å². The number of carbonyl (C=O) groups excluding carboxylic acids is 3. The number of imide groups is 1. The first-order valence-corrected chi connectivity index (χ1v) is 10.3. The van der Waals surface area contributed by atoms with Gasteiger partial charge in [-0.3, -0.25) is 19.8 Å². The summed E-state index contributed by atoms with van der Waals surface area (Å²) >= 11 is 2.76. The first-order valence-electron chi connectivity index (χ1n) is 8.49. The van der Waals surface area contributed by atoms with Gasteiger partial charge in [0.05, 0.1) is 33.8 Å². The summed E-state index contributed by atoms with van der Waals surface area (Å²) in [6, 6.07) is 12.2. The quantitative estimate of drug-likeness (QED) is 0.498. The number of nitrogens with zero attached hydrogens (tertiary/aromatic N) is 2. The number of benzene rings is 2. The van der Waals surface area contributed by atoms with Crippen molar-refractivity contribution in [1.29, 1.82) is 0 Å². The van der Waals surface area contributed by atoms with Crippen LogP contribution in [-0.4, -0.2) is 40.3 Å². The van der Waals surface area contributed by atoms with Crippen LogP contribution in [0.25, 0.3) is 10.2 Å². The minimum atomic E-state index is -0.508. The van der Waals surface area contributed by atoms with Crippen molar-refractivity contribution < 1.29 is 19.1 Å².